The molecule has 1 atom stereocenters. The Hall–Kier alpha value is -3.69. The number of benzene rings is 2. The highest BCUT2D eigenvalue weighted by atomic mass is 35.5. The second kappa shape index (κ2) is 9.66. The molecule has 2 aromatic heterocycles. The first-order chi connectivity index (χ1) is 16.3. The van der Waals surface area contributed by atoms with Gasteiger partial charge in [0.25, 0.3) is 11.5 Å². The monoisotopic (exact) mass is 496 g/mol. The van der Waals surface area contributed by atoms with Crippen molar-refractivity contribution in [2.75, 3.05) is 17.7 Å². The van der Waals surface area contributed by atoms with E-state index in [0.717, 1.165) is 11.3 Å². The lowest BCUT2D eigenvalue weighted by Gasteiger charge is -2.15. The second-order valence-corrected chi connectivity index (χ2v) is 8.93. The van der Waals surface area contributed by atoms with Crippen LogP contribution < -0.4 is 20.9 Å². The van der Waals surface area contributed by atoms with Crippen molar-refractivity contribution in [2.24, 2.45) is 0 Å². The molecule has 2 N–H and O–H groups in total. The third-order valence-electron chi connectivity index (χ3n) is 5.33. The van der Waals surface area contributed by atoms with E-state index in [-0.39, 0.29) is 5.91 Å². The number of carbonyl (C=O) groups is 2. The summed E-state index contributed by atoms with van der Waals surface area (Å²) in [6.45, 7) is 3.30. The molecule has 2 aromatic carbocycles. The summed E-state index contributed by atoms with van der Waals surface area (Å²) in [4.78, 5) is 44.1. The summed E-state index contributed by atoms with van der Waals surface area (Å²) in [7, 11) is 1.50. The molecule has 0 aliphatic heterocycles. The maximum Gasteiger partial charge on any atom is 0.266 e. The van der Waals surface area contributed by atoms with E-state index in [2.05, 4.69) is 15.6 Å². The Balaban J connectivity index is 1.61. The molecule has 2 heterocycles. The molecule has 34 heavy (non-hydrogen) atoms. The summed E-state index contributed by atoms with van der Waals surface area (Å²) in [6.07, 6.45) is 1.32. The number of nitrogens with one attached hydrogen (secondary N) is 2. The lowest BCUT2D eigenvalue weighted by Crippen LogP contribution is -2.31. The number of hydrogen-bond acceptors (Lipinski definition) is 6. The van der Waals surface area contributed by atoms with Gasteiger partial charge in [-0.25, -0.2) is 4.98 Å². The van der Waals surface area contributed by atoms with Crippen LogP contribution in [0.2, 0.25) is 5.02 Å². The standard InChI is InChI=1S/C24H21ClN4O4S/c1-13-19-23(34-20(13)22(31)27-15-7-5-4-6-8-15)26-12-29(24(19)32)14(2)21(30)28-16-9-10-18(33-3)17(25)11-16/h4-12,14H,1-3H3,(H,27,31)(H,28,30). The van der Waals surface area contributed by atoms with Gasteiger partial charge in [0.1, 0.15) is 16.6 Å². The summed E-state index contributed by atoms with van der Waals surface area (Å²) < 4.78 is 6.37. The molecule has 0 saturated heterocycles. The zero-order chi connectivity index (χ0) is 24.4. The second-order valence-electron chi connectivity index (χ2n) is 7.53. The average molecular weight is 497 g/mol. The molecule has 1 unspecified atom stereocenters. The molecule has 2 amide bonds. The fourth-order valence-corrected chi connectivity index (χ4v) is 4.75. The van der Waals surface area contributed by atoms with Gasteiger partial charge in [-0.15, -0.1) is 11.3 Å². The lowest BCUT2D eigenvalue weighted by molar-refractivity contribution is -0.118. The van der Waals surface area contributed by atoms with Crippen LogP contribution in [-0.2, 0) is 4.79 Å². The molecule has 0 radical (unpaired) electrons. The van der Waals surface area contributed by atoms with E-state index in [4.69, 9.17) is 16.3 Å². The van der Waals surface area contributed by atoms with Gasteiger partial charge in [0.15, 0.2) is 0 Å². The molecular weight excluding hydrogens is 476 g/mol. The number of ether oxygens (including phenoxy) is 1. The summed E-state index contributed by atoms with van der Waals surface area (Å²) in [5, 5.41) is 6.24. The maximum absolute atomic E-state index is 13.3. The van der Waals surface area contributed by atoms with Gasteiger partial charge in [-0.3, -0.25) is 19.0 Å². The molecule has 0 fully saturated rings. The van der Waals surface area contributed by atoms with E-state index in [9.17, 15) is 14.4 Å². The number of amides is 2. The van der Waals surface area contributed by atoms with Crippen molar-refractivity contribution in [3.63, 3.8) is 0 Å². The first-order valence-corrected chi connectivity index (χ1v) is 11.5. The van der Waals surface area contributed by atoms with E-state index in [0.29, 0.717) is 42.8 Å². The molecule has 0 aliphatic carbocycles. The number of aromatic nitrogens is 2. The van der Waals surface area contributed by atoms with Crippen LogP contribution in [0.4, 0.5) is 11.4 Å². The highest BCUT2D eigenvalue weighted by Crippen LogP contribution is 2.29. The topological polar surface area (TPSA) is 102 Å². The molecule has 4 rings (SSSR count). The number of rotatable bonds is 6. The Morgan fingerprint density at radius 1 is 1.12 bits per heavy atom. The number of nitrogens with zero attached hydrogens (tertiary/aromatic N) is 2. The number of para-hydroxylation sites is 1. The van der Waals surface area contributed by atoms with Crippen molar-refractivity contribution in [2.45, 2.75) is 19.9 Å². The number of carbonyl (C=O) groups excluding carboxylic acids is 2. The maximum atomic E-state index is 13.3. The largest absolute Gasteiger partial charge is 0.495 e. The predicted octanol–water partition coefficient (Wildman–Crippen LogP) is 4.88. The van der Waals surface area contributed by atoms with E-state index in [1.807, 2.05) is 18.2 Å². The highest BCUT2D eigenvalue weighted by molar-refractivity contribution is 7.20. The number of methoxy groups -OCH3 is 1. The molecule has 10 heteroatoms. The molecule has 174 valence electrons. The Morgan fingerprint density at radius 2 is 1.85 bits per heavy atom. The van der Waals surface area contributed by atoms with Crippen LogP contribution in [0.1, 0.15) is 28.2 Å². The fraction of sp³-hybridized carbons (Fsp3) is 0.167. The van der Waals surface area contributed by atoms with Gasteiger partial charge in [0.2, 0.25) is 5.91 Å². The van der Waals surface area contributed by atoms with Crippen molar-refractivity contribution in [1.29, 1.82) is 0 Å². The molecule has 8 nitrogen and oxygen atoms in total. The Kier molecular flexibility index (Phi) is 6.67. The number of hydrogen-bond donors (Lipinski definition) is 2. The first kappa shape index (κ1) is 23.5. The third kappa shape index (κ3) is 4.52. The minimum absolute atomic E-state index is 0.317. The summed E-state index contributed by atoms with van der Waals surface area (Å²) in [6, 6.07) is 13.1. The number of anilines is 2. The van der Waals surface area contributed by atoms with Crippen molar-refractivity contribution >= 4 is 56.3 Å². The van der Waals surface area contributed by atoms with Gasteiger partial charge in [0.05, 0.1) is 28.7 Å². The summed E-state index contributed by atoms with van der Waals surface area (Å²) >= 11 is 7.26. The van der Waals surface area contributed by atoms with Crippen LogP contribution in [0.3, 0.4) is 0 Å². The van der Waals surface area contributed by atoms with E-state index in [1.165, 1.54) is 18.0 Å². The minimum Gasteiger partial charge on any atom is -0.495 e. The number of halogens is 1. The minimum atomic E-state index is -0.855. The number of thiophene rings is 1. The van der Waals surface area contributed by atoms with Crippen LogP contribution in [0.15, 0.2) is 59.7 Å². The highest BCUT2D eigenvalue weighted by Gasteiger charge is 2.23. The van der Waals surface area contributed by atoms with Gasteiger partial charge < -0.3 is 15.4 Å². The lowest BCUT2D eigenvalue weighted by atomic mass is 10.2. The zero-order valence-corrected chi connectivity index (χ0v) is 20.2. The molecular formula is C24H21ClN4O4S. The molecule has 4 aromatic rings. The average Bonchev–Trinajstić information content (AvgIpc) is 3.17. The van der Waals surface area contributed by atoms with Crippen molar-refractivity contribution in [3.05, 3.63) is 80.7 Å². The molecule has 0 bridgehead atoms. The van der Waals surface area contributed by atoms with Crippen LogP contribution in [0.25, 0.3) is 10.2 Å². The van der Waals surface area contributed by atoms with Crippen LogP contribution >= 0.6 is 22.9 Å². The van der Waals surface area contributed by atoms with Gasteiger partial charge in [-0.1, -0.05) is 29.8 Å². The molecule has 0 aliphatic rings. The van der Waals surface area contributed by atoms with Gasteiger partial charge in [-0.2, -0.15) is 0 Å². The van der Waals surface area contributed by atoms with Gasteiger partial charge in [-0.05, 0) is 49.7 Å². The SMILES string of the molecule is COc1ccc(NC(=O)C(C)n2cnc3sc(C(=O)Nc4ccccc4)c(C)c3c2=O)cc1Cl. The van der Waals surface area contributed by atoms with Gasteiger partial charge in [0, 0.05) is 11.4 Å². The van der Waals surface area contributed by atoms with E-state index in [1.54, 1.807) is 44.2 Å². The Labute approximate surface area is 204 Å². The van der Waals surface area contributed by atoms with Crippen molar-refractivity contribution in [3.8, 4) is 5.75 Å². The predicted molar refractivity (Wildman–Crippen MR) is 134 cm³/mol. The Bertz CT molecular complexity index is 1450. The molecule has 0 saturated carbocycles. The number of fused-ring (bicyclic) bond motifs is 1. The van der Waals surface area contributed by atoms with Crippen molar-refractivity contribution < 1.29 is 14.3 Å². The van der Waals surface area contributed by atoms with Crippen LogP contribution in [-0.4, -0.2) is 28.5 Å². The Morgan fingerprint density at radius 3 is 2.53 bits per heavy atom. The number of aryl methyl sites for hydroxylation is 1. The summed E-state index contributed by atoms with van der Waals surface area (Å²) in [5.41, 5.74) is 1.25. The van der Waals surface area contributed by atoms with E-state index < -0.39 is 17.5 Å². The quantitative estimate of drug-likeness (QED) is 0.396. The summed E-state index contributed by atoms with van der Waals surface area (Å²) in [5.74, 6) is -0.252. The van der Waals surface area contributed by atoms with Gasteiger partial charge >= 0.3 is 0 Å². The van der Waals surface area contributed by atoms with Crippen LogP contribution in [0.5, 0.6) is 5.75 Å². The van der Waals surface area contributed by atoms with Crippen LogP contribution in [0, 0.1) is 6.92 Å². The normalized spacial score (nSPS) is 11.8. The van der Waals surface area contributed by atoms with Crippen molar-refractivity contribution in [1.82, 2.24) is 9.55 Å². The smallest absolute Gasteiger partial charge is 0.266 e. The van der Waals surface area contributed by atoms with E-state index >= 15 is 0 Å². The third-order valence-corrected chi connectivity index (χ3v) is 6.82. The first-order valence-electron chi connectivity index (χ1n) is 10.3. The fourth-order valence-electron chi connectivity index (χ4n) is 3.46. The zero-order valence-electron chi connectivity index (χ0n) is 18.6. The molecule has 0 spiro atoms.